The SMILES string of the molecule is O=C(COC(=O)[C@H]1CC(=O)N(c2ccccc2)C1)Nc1cccc(C(F)(F)F)c1. The molecule has 3 rings (SSSR count). The first-order chi connectivity index (χ1) is 13.7. The number of amides is 2. The van der Waals surface area contributed by atoms with Crippen molar-refractivity contribution >= 4 is 29.2 Å². The third-order valence-electron chi connectivity index (χ3n) is 4.35. The second-order valence-corrected chi connectivity index (χ2v) is 6.48. The van der Waals surface area contributed by atoms with Crippen LogP contribution >= 0.6 is 0 Å². The first kappa shape index (κ1) is 20.4. The van der Waals surface area contributed by atoms with Crippen LogP contribution in [0.3, 0.4) is 0 Å². The molecule has 0 radical (unpaired) electrons. The summed E-state index contributed by atoms with van der Waals surface area (Å²) in [6.45, 7) is -0.526. The van der Waals surface area contributed by atoms with Crippen LogP contribution in [0.25, 0.3) is 0 Å². The van der Waals surface area contributed by atoms with E-state index in [2.05, 4.69) is 5.32 Å². The zero-order chi connectivity index (χ0) is 21.0. The van der Waals surface area contributed by atoms with E-state index in [4.69, 9.17) is 4.74 Å². The highest BCUT2D eigenvalue weighted by Crippen LogP contribution is 2.30. The van der Waals surface area contributed by atoms with Crippen LogP contribution in [-0.2, 0) is 25.3 Å². The molecule has 0 spiro atoms. The van der Waals surface area contributed by atoms with E-state index in [1.165, 1.54) is 11.0 Å². The van der Waals surface area contributed by atoms with Crippen LogP contribution < -0.4 is 10.2 Å². The zero-order valence-corrected chi connectivity index (χ0v) is 15.1. The van der Waals surface area contributed by atoms with Crippen LogP contribution in [0, 0.1) is 5.92 Å². The molecule has 2 aromatic carbocycles. The second-order valence-electron chi connectivity index (χ2n) is 6.48. The lowest BCUT2D eigenvalue weighted by molar-refractivity contribution is -0.151. The average Bonchev–Trinajstić information content (AvgIpc) is 3.08. The van der Waals surface area contributed by atoms with Gasteiger partial charge in [-0.15, -0.1) is 0 Å². The summed E-state index contributed by atoms with van der Waals surface area (Å²) in [4.78, 5) is 37.7. The molecule has 1 aliphatic heterocycles. The number of para-hydroxylation sites is 1. The van der Waals surface area contributed by atoms with Crippen molar-refractivity contribution in [2.45, 2.75) is 12.6 Å². The quantitative estimate of drug-likeness (QED) is 0.774. The Labute approximate surface area is 164 Å². The summed E-state index contributed by atoms with van der Waals surface area (Å²) in [6.07, 6.45) is -4.57. The van der Waals surface area contributed by atoms with Gasteiger partial charge in [0.25, 0.3) is 5.91 Å². The van der Waals surface area contributed by atoms with Gasteiger partial charge in [0.1, 0.15) is 0 Å². The smallest absolute Gasteiger partial charge is 0.416 e. The molecule has 1 atom stereocenters. The average molecular weight is 406 g/mol. The van der Waals surface area contributed by atoms with Crippen LogP contribution in [-0.4, -0.2) is 30.9 Å². The summed E-state index contributed by atoms with van der Waals surface area (Å²) >= 11 is 0. The Balaban J connectivity index is 1.52. The lowest BCUT2D eigenvalue weighted by atomic mass is 10.1. The van der Waals surface area contributed by atoms with Crippen molar-refractivity contribution in [1.29, 1.82) is 0 Å². The molecular formula is C20H17F3N2O4. The minimum atomic E-state index is -4.53. The molecule has 152 valence electrons. The Morgan fingerprint density at radius 3 is 2.52 bits per heavy atom. The molecule has 0 unspecified atom stereocenters. The summed E-state index contributed by atoms with van der Waals surface area (Å²) in [5.41, 5.74) is -0.306. The maximum atomic E-state index is 12.7. The van der Waals surface area contributed by atoms with Gasteiger partial charge in [0.15, 0.2) is 6.61 Å². The molecule has 2 aromatic rings. The fourth-order valence-electron chi connectivity index (χ4n) is 2.95. The number of esters is 1. The molecule has 1 fully saturated rings. The number of rotatable bonds is 5. The van der Waals surface area contributed by atoms with Crippen molar-refractivity contribution in [2.75, 3.05) is 23.4 Å². The van der Waals surface area contributed by atoms with Crippen LogP contribution in [0.2, 0.25) is 0 Å². The lowest BCUT2D eigenvalue weighted by Gasteiger charge is -2.16. The van der Waals surface area contributed by atoms with Crippen molar-refractivity contribution in [2.24, 2.45) is 5.92 Å². The number of hydrogen-bond acceptors (Lipinski definition) is 4. The van der Waals surface area contributed by atoms with Crippen molar-refractivity contribution in [1.82, 2.24) is 0 Å². The summed E-state index contributed by atoms with van der Waals surface area (Å²) in [5, 5.41) is 2.25. The highest BCUT2D eigenvalue weighted by molar-refractivity contribution is 6.00. The summed E-state index contributed by atoms with van der Waals surface area (Å²) in [5.74, 6) is -2.44. The van der Waals surface area contributed by atoms with Crippen LogP contribution in [0.1, 0.15) is 12.0 Å². The molecule has 1 aliphatic rings. The molecule has 2 amide bonds. The summed E-state index contributed by atoms with van der Waals surface area (Å²) in [7, 11) is 0. The van der Waals surface area contributed by atoms with Crippen molar-refractivity contribution in [3.8, 4) is 0 Å². The third kappa shape index (κ3) is 5.13. The van der Waals surface area contributed by atoms with E-state index in [1.807, 2.05) is 0 Å². The van der Waals surface area contributed by atoms with Gasteiger partial charge in [-0.2, -0.15) is 13.2 Å². The Morgan fingerprint density at radius 2 is 1.83 bits per heavy atom. The van der Waals surface area contributed by atoms with E-state index in [-0.39, 0.29) is 24.6 Å². The molecule has 29 heavy (non-hydrogen) atoms. The monoisotopic (exact) mass is 406 g/mol. The number of benzene rings is 2. The number of carbonyl (C=O) groups excluding carboxylic acids is 3. The minimum absolute atomic E-state index is 0.0387. The fraction of sp³-hybridized carbons (Fsp3) is 0.250. The molecule has 0 saturated carbocycles. The normalized spacial score (nSPS) is 16.6. The highest BCUT2D eigenvalue weighted by atomic mass is 19.4. The van der Waals surface area contributed by atoms with E-state index in [1.54, 1.807) is 30.3 Å². The van der Waals surface area contributed by atoms with Gasteiger partial charge in [0, 0.05) is 24.3 Å². The van der Waals surface area contributed by atoms with Crippen molar-refractivity contribution in [3.05, 3.63) is 60.2 Å². The van der Waals surface area contributed by atoms with E-state index in [9.17, 15) is 27.6 Å². The summed E-state index contributed by atoms with van der Waals surface area (Å²) in [6, 6.07) is 13.0. The first-order valence-electron chi connectivity index (χ1n) is 8.73. The van der Waals surface area contributed by atoms with Gasteiger partial charge in [-0.3, -0.25) is 14.4 Å². The molecule has 1 heterocycles. The van der Waals surface area contributed by atoms with Crippen LogP contribution in [0.4, 0.5) is 24.5 Å². The third-order valence-corrected chi connectivity index (χ3v) is 4.35. The van der Waals surface area contributed by atoms with Gasteiger partial charge in [0.2, 0.25) is 5.91 Å². The van der Waals surface area contributed by atoms with Gasteiger partial charge in [-0.25, -0.2) is 0 Å². The lowest BCUT2D eigenvalue weighted by Crippen LogP contribution is -2.28. The molecule has 0 bridgehead atoms. The van der Waals surface area contributed by atoms with Gasteiger partial charge in [-0.1, -0.05) is 24.3 Å². The Hall–Kier alpha value is -3.36. The predicted molar refractivity (Wildman–Crippen MR) is 97.9 cm³/mol. The number of hydrogen-bond donors (Lipinski definition) is 1. The first-order valence-corrected chi connectivity index (χ1v) is 8.73. The predicted octanol–water partition coefficient (Wildman–Crippen LogP) is 3.24. The number of ether oxygens (including phenoxy) is 1. The molecule has 9 heteroatoms. The van der Waals surface area contributed by atoms with E-state index < -0.39 is 36.1 Å². The van der Waals surface area contributed by atoms with Gasteiger partial charge >= 0.3 is 12.1 Å². The highest BCUT2D eigenvalue weighted by Gasteiger charge is 2.36. The number of halogens is 3. The Morgan fingerprint density at radius 1 is 1.10 bits per heavy atom. The van der Waals surface area contributed by atoms with Crippen molar-refractivity contribution in [3.63, 3.8) is 0 Å². The maximum Gasteiger partial charge on any atom is 0.416 e. The maximum absolute atomic E-state index is 12.7. The Kier molecular flexibility index (Phi) is 5.86. The van der Waals surface area contributed by atoms with Gasteiger partial charge in [-0.05, 0) is 30.3 Å². The largest absolute Gasteiger partial charge is 0.455 e. The number of anilines is 2. The van der Waals surface area contributed by atoms with Crippen LogP contribution in [0.5, 0.6) is 0 Å². The van der Waals surface area contributed by atoms with E-state index >= 15 is 0 Å². The molecule has 0 aliphatic carbocycles. The Bertz CT molecular complexity index is 915. The minimum Gasteiger partial charge on any atom is -0.455 e. The standard InChI is InChI=1S/C20H17F3N2O4/c21-20(22,23)14-5-4-6-15(10-14)24-17(26)12-29-19(28)13-9-18(27)25(11-13)16-7-2-1-3-8-16/h1-8,10,13H,9,11-12H2,(H,24,26)/t13-/m0/s1. The number of carbonyl (C=O) groups is 3. The van der Waals surface area contributed by atoms with Gasteiger partial charge < -0.3 is 15.0 Å². The number of nitrogens with one attached hydrogen (secondary N) is 1. The van der Waals surface area contributed by atoms with E-state index in [0.29, 0.717) is 5.69 Å². The van der Waals surface area contributed by atoms with Crippen LogP contribution in [0.15, 0.2) is 54.6 Å². The van der Waals surface area contributed by atoms with Gasteiger partial charge in [0.05, 0.1) is 11.5 Å². The number of nitrogens with zero attached hydrogens (tertiary/aromatic N) is 1. The molecule has 1 N–H and O–H groups in total. The molecule has 0 aromatic heterocycles. The molecular weight excluding hydrogens is 389 g/mol. The van der Waals surface area contributed by atoms with E-state index in [0.717, 1.165) is 18.2 Å². The second kappa shape index (κ2) is 8.34. The fourth-order valence-corrected chi connectivity index (χ4v) is 2.95. The topological polar surface area (TPSA) is 75.7 Å². The van der Waals surface area contributed by atoms with Crippen molar-refractivity contribution < 1.29 is 32.3 Å². The zero-order valence-electron chi connectivity index (χ0n) is 15.1. The molecule has 1 saturated heterocycles. The number of alkyl halides is 3. The summed E-state index contributed by atoms with van der Waals surface area (Å²) < 4.78 is 43.1. The molecule has 6 nitrogen and oxygen atoms in total.